The average Bonchev–Trinajstić information content (AvgIpc) is 3.24. The second-order valence-electron chi connectivity index (χ2n) is 13.4. The first-order chi connectivity index (χ1) is 25.7. The van der Waals surface area contributed by atoms with E-state index in [0.29, 0.717) is 0 Å². The molecule has 2 heterocycles. The SMILES string of the molecule is C1=CCNC(c2cccc(-c3cc(C4=CCCc5cc6ccccc6cc54)cc(C4NC(c5ccccc5)=CC(c5ccccc5)N4)c3)c2)=C1.CC. The zero-order valence-electron chi connectivity index (χ0n) is 29.9. The molecule has 0 saturated carbocycles. The van der Waals surface area contributed by atoms with E-state index < -0.39 is 0 Å². The number of hydrogen-bond acceptors (Lipinski definition) is 3. The largest absolute Gasteiger partial charge is 0.381 e. The van der Waals surface area contributed by atoms with Crippen molar-refractivity contribution < 1.29 is 0 Å². The lowest BCUT2D eigenvalue weighted by atomic mass is 9.83. The van der Waals surface area contributed by atoms with Crippen molar-refractivity contribution in [3.05, 3.63) is 209 Å². The molecule has 0 saturated heterocycles. The molecule has 0 amide bonds. The third-order valence-corrected chi connectivity index (χ3v) is 10.2. The topological polar surface area (TPSA) is 36.1 Å². The number of hydrogen-bond donors (Lipinski definition) is 3. The normalized spacial score (nSPS) is 17.7. The van der Waals surface area contributed by atoms with Gasteiger partial charge in [-0.1, -0.05) is 141 Å². The average molecular weight is 676 g/mol. The van der Waals surface area contributed by atoms with Crippen LogP contribution >= 0.6 is 0 Å². The van der Waals surface area contributed by atoms with Gasteiger partial charge in [0.05, 0.1) is 6.04 Å². The van der Waals surface area contributed by atoms with Gasteiger partial charge in [0.15, 0.2) is 0 Å². The van der Waals surface area contributed by atoms with Gasteiger partial charge in [-0.3, -0.25) is 5.32 Å². The monoisotopic (exact) mass is 675 g/mol. The highest BCUT2D eigenvalue weighted by molar-refractivity contribution is 5.93. The van der Waals surface area contributed by atoms with Crippen molar-refractivity contribution in [3.63, 3.8) is 0 Å². The summed E-state index contributed by atoms with van der Waals surface area (Å²) in [5.74, 6) is 0. The van der Waals surface area contributed by atoms with Crippen molar-refractivity contribution in [2.24, 2.45) is 0 Å². The highest BCUT2D eigenvalue weighted by Crippen LogP contribution is 2.39. The molecule has 0 bridgehead atoms. The van der Waals surface area contributed by atoms with Gasteiger partial charge in [0.1, 0.15) is 6.17 Å². The number of nitrogens with one attached hydrogen (secondary N) is 3. The Balaban J connectivity index is 0.00000190. The summed E-state index contributed by atoms with van der Waals surface area (Å²) in [4.78, 5) is 0. The standard InChI is InChI=1S/C47H39N3.C2H6/c1-3-13-32(14-4-1)45-31-46(33-15-5-2-6-16-33)50-47(49-45)41-28-39(35-19-11-21-38(26-35)44-23-9-10-24-48-44)27-40(29-41)42-22-12-20-37-25-34-17-7-8-18-36(34)30-43(37)42;1-2/h1-11,13-19,21-23,25-31,45,47-50H,12,20,24H2;1-2H3. The first-order valence-electron chi connectivity index (χ1n) is 18.7. The molecule has 3 N–H and O–H groups in total. The maximum atomic E-state index is 3.97. The Bertz CT molecular complexity index is 2330. The fraction of sp³-hybridized carbons (Fsp3) is 0.143. The smallest absolute Gasteiger partial charge is 0.104 e. The summed E-state index contributed by atoms with van der Waals surface area (Å²) in [6.07, 6.45) is 13.2. The Morgan fingerprint density at radius 1 is 0.577 bits per heavy atom. The van der Waals surface area contributed by atoms with Crippen LogP contribution in [0.4, 0.5) is 0 Å². The molecule has 2 unspecified atom stereocenters. The lowest BCUT2D eigenvalue weighted by Crippen LogP contribution is -2.39. The molecule has 0 radical (unpaired) electrons. The van der Waals surface area contributed by atoms with E-state index in [1.165, 1.54) is 66.4 Å². The van der Waals surface area contributed by atoms with Crippen LogP contribution < -0.4 is 16.0 Å². The van der Waals surface area contributed by atoms with Crippen LogP contribution in [-0.4, -0.2) is 6.54 Å². The zero-order valence-corrected chi connectivity index (χ0v) is 29.9. The molecule has 6 aromatic rings. The van der Waals surface area contributed by atoms with Gasteiger partial charge in [-0.2, -0.15) is 0 Å². The number of allylic oxidation sites excluding steroid dienone is 3. The maximum Gasteiger partial charge on any atom is 0.104 e. The Hall–Kier alpha value is -5.90. The minimum atomic E-state index is -0.115. The molecule has 2 aliphatic heterocycles. The van der Waals surface area contributed by atoms with E-state index in [9.17, 15) is 0 Å². The lowest BCUT2D eigenvalue weighted by molar-refractivity contribution is 0.442. The van der Waals surface area contributed by atoms with E-state index in [0.717, 1.165) is 30.8 Å². The molecule has 9 rings (SSSR count). The van der Waals surface area contributed by atoms with Gasteiger partial charge in [-0.15, -0.1) is 0 Å². The first kappa shape index (κ1) is 33.3. The number of fused-ring (bicyclic) bond motifs is 2. The molecule has 2 atom stereocenters. The molecule has 1 aliphatic carbocycles. The third-order valence-electron chi connectivity index (χ3n) is 10.2. The Morgan fingerprint density at radius 3 is 2.06 bits per heavy atom. The van der Waals surface area contributed by atoms with E-state index in [2.05, 4.69) is 186 Å². The van der Waals surface area contributed by atoms with Gasteiger partial charge >= 0.3 is 0 Å². The van der Waals surface area contributed by atoms with Crippen LogP contribution in [0.3, 0.4) is 0 Å². The highest BCUT2D eigenvalue weighted by Gasteiger charge is 2.26. The van der Waals surface area contributed by atoms with Crippen molar-refractivity contribution >= 4 is 27.7 Å². The summed E-state index contributed by atoms with van der Waals surface area (Å²) < 4.78 is 0. The molecule has 6 aromatic carbocycles. The predicted octanol–water partition coefficient (Wildman–Crippen LogP) is 11.4. The summed E-state index contributed by atoms with van der Waals surface area (Å²) in [5.41, 5.74) is 14.8. The van der Waals surface area contributed by atoms with Gasteiger partial charge in [0.2, 0.25) is 0 Å². The van der Waals surface area contributed by atoms with Crippen LogP contribution in [0.5, 0.6) is 0 Å². The molecule has 0 aromatic heterocycles. The minimum absolute atomic E-state index is 0.0476. The number of benzene rings is 6. The van der Waals surface area contributed by atoms with Crippen molar-refractivity contribution in [3.8, 4) is 11.1 Å². The van der Waals surface area contributed by atoms with Crippen LogP contribution in [-0.2, 0) is 6.42 Å². The summed E-state index contributed by atoms with van der Waals surface area (Å²) in [6.45, 7) is 4.84. The molecule has 0 fully saturated rings. The van der Waals surface area contributed by atoms with Gasteiger partial charge < -0.3 is 10.6 Å². The predicted molar refractivity (Wildman–Crippen MR) is 220 cm³/mol. The maximum absolute atomic E-state index is 3.97. The van der Waals surface area contributed by atoms with Crippen molar-refractivity contribution in [2.75, 3.05) is 6.54 Å². The quantitative estimate of drug-likeness (QED) is 0.164. The van der Waals surface area contributed by atoms with Crippen LogP contribution in [0, 0.1) is 0 Å². The van der Waals surface area contributed by atoms with Gasteiger partial charge in [0.25, 0.3) is 0 Å². The molecular weight excluding hydrogens is 631 g/mol. The molecule has 3 nitrogen and oxygen atoms in total. The van der Waals surface area contributed by atoms with Crippen LogP contribution in [0.1, 0.15) is 71.4 Å². The second-order valence-corrected chi connectivity index (χ2v) is 13.4. The van der Waals surface area contributed by atoms with Crippen molar-refractivity contribution in [1.29, 1.82) is 0 Å². The Morgan fingerprint density at radius 2 is 1.27 bits per heavy atom. The fourth-order valence-electron chi connectivity index (χ4n) is 7.63. The first-order valence-corrected chi connectivity index (χ1v) is 18.7. The highest BCUT2D eigenvalue weighted by atomic mass is 15.2. The Kier molecular flexibility index (Phi) is 9.69. The second kappa shape index (κ2) is 15.1. The van der Waals surface area contributed by atoms with Crippen molar-refractivity contribution in [2.45, 2.75) is 38.9 Å². The lowest BCUT2D eigenvalue weighted by Gasteiger charge is -2.34. The van der Waals surface area contributed by atoms with Crippen LogP contribution in [0.15, 0.2) is 170 Å². The minimum Gasteiger partial charge on any atom is -0.381 e. The number of rotatable bonds is 6. The molecule has 3 heteroatoms. The third kappa shape index (κ3) is 6.88. The zero-order chi connectivity index (χ0) is 35.3. The summed E-state index contributed by atoms with van der Waals surface area (Å²) >= 11 is 0. The molecule has 3 aliphatic rings. The van der Waals surface area contributed by atoms with Crippen molar-refractivity contribution in [1.82, 2.24) is 16.0 Å². The van der Waals surface area contributed by atoms with Gasteiger partial charge in [0, 0.05) is 17.9 Å². The van der Waals surface area contributed by atoms with E-state index in [1.807, 2.05) is 13.8 Å². The molecule has 256 valence electrons. The van der Waals surface area contributed by atoms with E-state index in [4.69, 9.17) is 0 Å². The molecule has 0 spiro atoms. The van der Waals surface area contributed by atoms with Crippen LogP contribution in [0.2, 0.25) is 0 Å². The fourth-order valence-corrected chi connectivity index (χ4v) is 7.63. The summed E-state index contributed by atoms with van der Waals surface area (Å²) in [5, 5.41) is 14.0. The summed E-state index contributed by atoms with van der Waals surface area (Å²) in [6, 6.07) is 51.1. The Labute approximate surface area is 308 Å². The summed E-state index contributed by atoms with van der Waals surface area (Å²) in [7, 11) is 0. The van der Waals surface area contributed by atoms with E-state index in [1.54, 1.807) is 0 Å². The number of dihydropyridines is 1. The van der Waals surface area contributed by atoms with E-state index in [-0.39, 0.29) is 12.2 Å². The van der Waals surface area contributed by atoms with Crippen LogP contribution in [0.25, 0.3) is 38.9 Å². The van der Waals surface area contributed by atoms with Gasteiger partial charge in [-0.05, 0) is 122 Å². The number of aryl methyl sites for hydroxylation is 1. The molecule has 52 heavy (non-hydrogen) atoms. The molecular formula is C49H45N3. The van der Waals surface area contributed by atoms with E-state index >= 15 is 0 Å². The van der Waals surface area contributed by atoms with Gasteiger partial charge in [-0.25, -0.2) is 0 Å².